The van der Waals surface area contributed by atoms with Crippen LogP contribution in [-0.4, -0.2) is 18.7 Å². The third-order valence-corrected chi connectivity index (χ3v) is 4.74. The molecule has 26 heavy (non-hydrogen) atoms. The van der Waals surface area contributed by atoms with Crippen LogP contribution in [0.15, 0.2) is 65.1 Å². The fourth-order valence-electron chi connectivity index (χ4n) is 2.53. The lowest BCUT2D eigenvalue weighted by Crippen LogP contribution is -2.17. The van der Waals surface area contributed by atoms with Crippen molar-refractivity contribution in [1.29, 1.82) is 0 Å². The van der Waals surface area contributed by atoms with E-state index in [1.54, 1.807) is 6.21 Å². The third-order valence-electron chi connectivity index (χ3n) is 3.82. The number of rotatable bonds is 6. The van der Waals surface area contributed by atoms with E-state index in [2.05, 4.69) is 10.5 Å². The molecule has 5 heteroatoms. The number of nitrogens with zero attached hydrogens (tertiary/aromatic N) is 1. The average molecular weight is 364 g/mol. The summed E-state index contributed by atoms with van der Waals surface area (Å²) in [6.45, 7) is 4.55. The highest BCUT2D eigenvalue weighted by atomic mass is 32.1. The minimum atomic E-state index is -0.222. The van der Waals surface area contributed by atoms with Crippen molar-refractivity contribution in [3.05, 3.63) is 76.0 Å². The summed E-state index contributed by atoms with van der Waals surface area (Å²) in [4.78, 5) is 13.2. The molecule has 0 aliphatic rings. The number of hydrogen-bond acceptors (Lipinski definition) is 4. The Hall–Kier alpha value is -2.92. The predicted molar refractivity (Wildman–Crippen MR) is 107 cm³/mol. The van der Waals surface area contributed by atoms with Crippen LogP contribution in [0, 0.1) is 6.92 Å². The van der Waals surface area contributed by atoms with Crippen LogP contribution in [0.4, 0.5) is 0 Å². The molecule has 0 spiro atoms. The van der Waals surface area contributed by atoms with Gasteiger partial charge in [-0.1, -0.05) is 42.0 Å². The molecule has 0 fully saturated rings. The van der Waals surface area contributed by atoms with Crippen molar-refractivity contribution >= 4 is 23.5 Å². The van der Waals surface area contributed by atoms with Gasteiger partial charge in [0.05, 0.1) is 12.8 Å². The summed E-state index contributed by atoms with van der Waals surface area (Å²) in [7, 11) is 0. The molecular weight excluding hydrogens is 344 g/mol. The molecule has 0 saturated heterocycles. The number of thiophene rings is 1. The Labute approximate surface area is 157 Å². The fourth-order valence-corrected chi connectivity index (χ4v) is 3.34. The van der Waals surface area contributed by atoms with E-state index in [9.17, 15) is 4.79 Å². The first-order valence-electron chi connectivity index (χ1n) is 8.39. The largest absolute Gasteiger partial charge is 0.493 e. The van der Waals surface area contributed by atoms with Crippen molar-refractivity contribution in [3.8, 4) is 16.9 Å². The van der Waals surface area contributed by atoms with E-state index in [-0.39, 0.29) is 5.91 Å². The summed E-state index contributed by atoms with van der Waals surface area (Å²) >= 11 is 1.40. The van der Waals surface area contributed by atoms with Gasteiger partial charge in [-0.2, -0.15) is 5.10 Å². The zero-order valence-corrected chi connectivity index (χ0v) is 15.5. The molecule has 132 valence electrons. The van der Waals surface area contributed by atoms with Gasteiger partial charge in [0.25, 0.3) is 5.91 Å². The standard InChI is InChI=1S/C21H20N2O2S/c1-3-25-19-7-5-4-6-17(19)14-22-23-21(24)20-18(12-13-26-20)16-10-8-15(2)9-11-16/h4-14H,3H2,1-2H3,(H,23,24)/b22-14-. The van der Waals surface area contributed by atoms with Crippen LogP contribution in [0.1, 0.15) is 27.7 Å². The van der Waals surface area contributed by atoms with Crippen molar-refractivity contribution in [3.63, 3.8) is 0 Å². The Balaban J connectivity index is 1.74. The zero-order chi connectivity index (χ0) is 18.4. The van der Waals surface area contributed by atoms with Crippen LogP contribution in [0.2, 0.25) is 0 Å². The molecule has 0 bridgehead atoms. The monoisotopic (exact) mass is 364 g/mol. The highest BCUT2D eigenvalue weighted by Gasteiger charge is 2.14. The lowest BCUT2D eigenvalue weighted by Gasteiger charge is -2.06. The molecular formula is C21H20N2O2S. The Bertz CT molecular complexity index is 914. The van der Waals surface area contributed by atoms with Crippen LogP contribution in [0.5, 0.6) is 5.75 Å². The van der Waals surface area contributed by atoms with E-state index in [0.29, 0.717) is 11.5 Å². The van der Waals surface area contributed by atoms with Crippen LogP contribution in [0.3, 0.4) is 0 Å². The van der Waals surface area contributed by atoms with Crippen molar-refractivity contribution in [2.24, 2.45) is 5.10 Å². The van der Waals surface area contributed by atoms with Crippen molar-refractivity contribution in [2.75, 3.05) is 6.61 Å². The van der Waals surface area contributed by atoms with Gasteiger partial charge in [0.15, 0.2) is 0 Å². The number of nitrogens with one attached hydrogen (secondary N) is 1. The number of amides is 1. The summed E-state index contributed by atoms with van der Waals surface area (Å²) < 4.78 is 5.55. The van der Waals surface area contributed by atoms with E-state index >= 15 is 0 Å². The van der Waals surface area contributed by atoms with Crippen LogP contribution < -0.4 is 10.2 Å². The maximum Gasteiger partial charge on any atom is 0.282 e. The maximum atomic E-state index is 12.5. The highest BCUT2D eigenvalue weighted by molar-refractivity contribution is 7.12. The number of benzene rings is 2. The van der Waals surface area contributed by atoms with Crippen molar-refractivity contribution in [2.45, 2.75) is 13.8 Å². The molecule has 1 N–H and O–H groups in total. The summed E-state index contributed by atoms with van der Waals surface area (Å²) in [6.07, 6.45) is 1.60. The fraction of sp³-hybridized carbons (Fsp3) is 0.143. The maximum absolute atomic E-state index is 12.5. The summed E-state index contributed by atoms with van der Waals surface area (Å²) in [5.74, 6) is 0.519. The van der Waals surface area contributed by atoms with Crippen LogP contribution in [0.25, 0.3) is 11.1 Å². The predicted octanol–water partition coefficient (Wildman–Crippen LogP) is 4.89. The molecule has 0 unspecified atom stereocenters. The molecule has 0 aliphatic carbocycles. The Morgan fingerprint density at radius 3 is 2.69 bits per heavy atom. The van der Waals surface area contributed by atoms with Gasteiger partial charge in [-0.25, -0.2) is 5.43 Å². The van der Waals surface area contributed by atoms with E-state index in [1.807, 2.05) is 73.8 Å². The molecule has 0 atom stereocenters. The van der Waals surface area contributed by atoms with Gasteiger partial charge in [0.1, 0.15) is 10.6 Å². The third kappa shape index (κ3) is 4.18. The second-order valence-corrected chi connectivity index (χ2v) is 6.62. The molecule has 3 rings (SSSR count). The van der Waals surface area contributed by atoms with E-state index < -0.39 is 0 Å². The molecule has 0 aliphatic heterocycles. The Kier molecular flexibility index (Phi) is 5.81. The van der Waals surface area contributed by atoms with E-state index in [1.165, 1.54) is 16.9 Å². The molecule has 1 heterocycles. The minimum Gasteiger partial charge on any atom is -0.493 e. The lowest BCUT2D eigenvalue weighted by molar-refractivity contribution is 0.0959. The van der Waals surface area contributed by atoms with Gasteiger partial charge in [-0.15, -0.1) is 11.3 Å². The van der Waals surface area contributed by atoms with Crippen molar-refractivity contribution < 1.29 is 9.53 Å². The van der Waals surface area contributed by atoms with E-state index in [4.69, 9.17) is 4.74 Å². The highest BCUT2D eigenvalue weighted by Crippen LogP contribution is 2.28. The number of hydrazone groups is 1. The van der Waals surface area contributed by atoms with Gasteiger partial charge in [0.2, 0.25) is 0 Å². The number of carbonyl (C=O) groups is 1. The molecule has 0 saturated carbocycles. The van der Waals surface area contributed by atoms with Gasteiger partial charge in [-0.3, -0.25) is 4.79 Å². The average Bonchev–Trinajstić information content (AvgIpc) is 3.14. The normalized spacial score (nSPS) is 10.8. The smallest absolute Gasteiger partial charge is 0.282 e. The number of hydrogen-bond donors (Lipinski definition) is 1. The second-order valence-electron chi connectivity index (χ2n) is 5.70. The van der Waals surface area contributed by atoms with E-state index in [0.717, 1.165) is 22.4 Å². The van der Waals surface area contributed by atoms with Crippen LogP contribution >= 0.6 is 11.3 Å². The second kappa shape index (κ2) is 8.45. The summed E-state index contributed by atoms with van der Waals surface area (Å²) in [5, 5.41) is 6.01. The van der Waals surface area contributed by atoms with Gasteiger partial charge >= 0.3 is 0 Å². The molecule has 1 amide bonds. The lowest BCUT2D eigenvalue weighted by atomic mass is 10.1. The molecule has 3 aromatic rings. The first-order chi connectivity index (χ1) is 12.7. The number of para-hydroxylation sites is 1. The van der Waals surface area contributed by atoms with Gasteiger partial charge < -0.3 is 4.74 Å². The van der Waals surface area contributed by atoms with Gasteiger partial charge in [0, 0.05) is 11.1 Å². The minimum absolute atomic E-state index is 0.222. The first kappa shape index (κ1) is 17.9. The SMILES string of the molecule is CCOc1ccccc1/C=N\NC(=O)c1sccc1-c1ccc(C)cc1. The Morgan fingerprint density at radius 1 is 1.15 bits per heavy atom. The molecule has 4 nitrogen and oxygen atoms in total. The summed E-state index contributed by atoms with van der Waals surface area (Å²) in [5.41, 5.74) is 6.55. The molecule has 0 radical (unpaired) electrons. The summed E-state index contributed by atoms with van der Waals surface area (Å²) in [6, 6.07) is 17.7. The number of ether oxygens (including phenoxy) is 1. The van der Waals surface area contributed by atoms with Crippen LogP contribution in [-0.2, 0) is 0 Å². The quantitative estimate of drug-likeness (QED) is 0.500. The molecule has 2 aromatic carbocycles. The molecule has 1 aromatic heterocycles. The number of carbonyl (C=O) groups excluding carboxylic acids is 1. The number of aryl methyl sites for hydroxylation is 1. The Morgan fingerprint density at radius 2 is 1.92 bits per heavy atom. The van der Waals surface area contributed by atoms with Gasteiger partial charge in [-0.05, 0) is 43.0 Å². The topological polar surface area (TPSA) is 50.7 Å². The first-order valence-corrected chi connectivity index (χ1v) is 9.26. The zero-order valence-electron chi connectivity index (χ0n) is 14.7. The van der Waals surface area contributed by atoms with Crippen molar-refractivity contribution in [1.82, 2.24) is 5.43 Å².